The molecule has 6 N–H and O–H groups in total. The molecule has 0 bridgehead atoms. The molecule has 0 saturated heterocycles. The van der Waals surface area contributed by atoms with Gasteiger partial charge in [-0.3, -0.25) is 0 Å². The third-order valence-corrected chi connectivity index (χ3v) is 12.8. The lowest BCUT2D eigenvalue weighted by Crippen LogP contribution is -2.63. The molecule has 0 radical (unpaired) electrons. The van der Waals surface area contributed by atoms with Crippen molar-refractivity contribution in [3.63, 3.8) is 0 Å². The van der Waals surface area contributed by atoms with E-state index in [1.165, 1.54) is 57.9 Å². The molecule has 7 heteroatoms. The second kappa shape index (κ2) is 15.8. The average molecular weight is 593 g/mol. The van der Waals surface area contributed by atoms with Crippen molar-refractivity contribution in [2.75, 3.05) is 60.1 Å². The van der Waals surface area contributed by atoms with E-state index in [4.69, 9.17) is 31.4 Å². The standard InChI is InChI=1S/C35H68N4O3/c1-25(10-6-18-39(4)5)28-11-12-29-33-30(24-32(35(28,29)3)42-21-9-17-38)34(2)14-13-27(40-19-7-15-36)22-26(34)23-31(33)41-20-8-16-37/h25-33H,6-24,36-38H2,1-5H3/t25-,26?,27-,28-,29+,30+,31-,32+,33?,34+,35-/m1/s1. The topological polar surface area (TPSA) is 109 Å². The van der Waals surface area contributed by atoms with Crippen LogP contribution >= 0.6 is 0 Å². The molecule has 4 fully saturated rings. The minimum Gasteiger partial charge on any atom is -0.378 e. The predicted octanol–water partition coefficient (Wildman–Crippen LogP) is 5.05. The molecular weight excluding hydrogens is 524 g/mol. The van der Waals surface area contributed by atoms with E-state index in [1.807, 2.05) is 0 Å². The molecule has 4 aliphatic carbocycles. The molecule has 0 amide bonds. The first-order valence-electron chi connectivity index (χ1n) is 17.8. The molecule has 0 aliphatic heterocycles. The molecule has 7 nitrogen and oxygen atoms in total. The lowest BCUT2D eigenvalue weighted by Gasteiger charge is -2.65. The van der Waals surface area contributed by atoms with Crippen molar-refractivity contribution in [3.05, 3.63) is 0 Å². The Balaban J connectivity index is 1.62. The van der Waals surface area contributed by atoms with Crippen LogP contribution in [0, 0.1) is 46.3 Å². The molecule has 11 atom stereocenters. The van der Waals surface area contributed by atoms with Crippen LogP contribution in [0.5, 0.6) is 0 Å². The van der Waals surface area contributed by atoms with Crippen LogP contribution in [0.25, 0.3) is 0 Å². The Bertz CT molecular complexity index is 800. The number of rotatable bonds is 17. The Morgan fingerprint density at radius 1 is 0.786 bits per heavy atom. The van der Waals surface area contributed by atoms with Crippen LogP contribution in [-0.4, -0.2) is 83.3 Å². The van der Waals surface area contributed by atoms with E-state index in [9.17, 15) is 0 Å². The molecular formula is C35H68N4O3. The summed E-state index contributed by atoms with van der Waals surface area (Å²) in [6, 6.07) is 0. The van der Waals surface area contributed by atoms with Crippen LogP contribution in [0.4, 0.5) is 0 Å². The van der Waals surface area contributed by atoms with Gasteiger partial charge in [0.15, 0.2) is 0 Å². The molecule has 4 saturated carbocycles. The van der Waals surface area contributed by atoms with Crippen molar-refractivity contribution >= 4 is 0 Å². The lowest BCUT2D eigenvalue weighted by atomic mass is 9.43. The second-order valence-electron chi connectivity index (χ2n) is 15.4. The van der Waals surface area contributed by atoms with Crippen molar-refractivity contribution in [3.8, 4) is 0 Å². The van der Waals surface area contributed by atoms with Crippen LogP contribution in [0.1, 0.15) is 97.8 Å². The summed E-state index contributed by atoms with van der Waals surface area (Å²) in [5, 5.41) is 0. The van der Waals surface area contributed by atoms with Gasteiger partial charge < -0.3 is 36.3 Å². The lowest BCUT2D eigenvalue weighted by molar-refractivity contribution is -0.227. The fourth-order valence-corrected chi connectivity index (χ4v) is 10.5. The minimum absolute atomic E-state index is 0.189. The molecule has 4 aliphatic rings. The number of fused-ring (bicyclic) bond motifs is 5. The maximum absolute atomic E-state index is 6.98. The number of hydrogen-bond donors (Lipinski definition) is 3. The van der Waals surface area contributed by atoms with E-state index in [-0.39, 0.29) is 5.41 Å². The highest BCUT2D eigenvalue weighted by atomic mass is 16.5. The normalized spacial score (nSPS) is 40.5. The van der Waals surface area contributed by atoms with Gasteiger partial charge in [0.2, 0.25) is 0 Å². The first-order valence-corrected chi connectivity index (χ1v) is 17.8. The summed E-state index contributed by atoms with van der Waals surface area (Å²) in [6.07, 6.45) is 15.0. The highest BCUT2D eigenvalue weighted by Crippen LogP contribution is 2.69. The maximum Gasteiger partial charge on any atom is 0.0637 e. The number of hydrogen-bond acceptors (Lipinski definition) is 7. The summed E-state index contributed by atoms with van der Waals surface area (Å²) in [6.45, 7) is 13.4. The first-order chi connectivity index (χ1) is 20.2. The van der Waals surface area contributed by atoms with Crippen LogP contribution in [0.15, 0.2) is 0 Å². The van der Waals surface area contributed by atoms with Gasteiger partial charge in [0.1, 0.15) is 0 Å². The summed E-state index contributed by atoms with van der Waals surface area (Å²) in [4.78, 5) is 2.33. The van der Waals surface area contributed by atoms with Gasteiger partial charge in [0.05, 0.1) is 18.3 Å². The zero-order valence-electron chi connectivity index (χ0n) is 28.0. The van der Waals surface area contributed by atoms with Crippen molar-refractivity contribution in [2.45, 2.75) is 116 Å². The van der Waals surface area contributed by atoms with Gasteiger partial charge in [-0.1, -0.05) is 20.8 Å². The summed E-state index contributed by atoms with van der Waals surface area (Å²) in [7, 11) is 4.39. The van der Waals surface area contributed by atoms with E-state index in [0.29, 0.717) is 78.9 Å². The van der Waals surface area contributed by atoms with E-state index in [2.05, 4.69) is 39.8 Å². The number of nitrogens with two attached hydrogens (primary N) is 3. The van der Waals surface area contributed by atoms with Crippen LogP contribution in [0.3, 0.4) is 0 Å². The molecule has 0 aromatic rings. The van der Waals surface area contributed by atoms with E-state index >= 15 is 0 Å². The highest BCUT2D eigenvalue weighted by molar-refractivity contribution is 5.15. The van der Waals surface area contributed by atoms with Gasteiger partial charge in [-0.2, -0.15) is 0 Å². The Morgan fingerprint density at radius 2 is 1.45 bits per heavy atom. The van der Waals surface area contributed by atoms with Crippen molar-refractivity contribution in [2.24, 2.45) is 63.5 Å². The van der Waals surface area contributed by atoms with Crippen LogP contribution in [-0.2, 0) is 14.2 Å². The number of ether oxygens (including phenoxy) is 3. The second-order valence-corrected chi connectivity index (χ2v) is 15.4. The van der Waals surface area contributed by atoms with Gasteiger partial charge in [-0.25, -0.2) is 0 Å². The SMILES string of the molecule is C[C@H](CCCN(C)C)[C@H]1CC[C@H]2C3[C@H](OCCCN)CC4C[C@H](OCCCN)CC[C@]4(C)[C@H]3C[C@H](OCCCN)[C@]12C. The van der Waals surface area contributed by atoms with Crippen molar-refractivity contribution < 1.29 is 14.2 Å². The molecule has 0 heterocycles. The number of nitrogens with zero attached hydrogens (tertiary/aromatic N) is 1. The smallest absolute Gasteiger partial charge is 0.0637 e. The van der Waals surface area contributed by atoms with Crippen LogP contribution in [0.2, 0.25) is 0 Å². The van der Waals surface area contributed by atoms with Gasteiger partial charge in [0, 0.05) is 25.2 Å². The largest absolute Gasteiger partial charge is 0.378 e. The van der Waals surface area contributed by atoms with Crippen molar-refractivity contribution in [1.29, 1.82) is 0 Å². The Hall–Kier alpha value is -0.280. The van der Waals surface area contributed by atoms with Gasteiger partial charge >= 0.3 is 0 Å². The monoisotopic (exact) mass is 593 g/mol. The molecule has 0 aromatic carbocycles. The summed E-state index contributed by atoms with van der Waals surface area (Å²) >= 11 is 0. The fraction of sp³-hybridized carbons (Fsp3) is 1.00. The average Bonchev–Trinajstić information content (AvgIpc) is 3.32. The molecule has 246 valence electrons. The van der Waals surface area contributed by atoms with E-state index in [1.54, 1.807) is 0 Å². The van der Waals surface area contributed by atoms with Crippen LogP contribution < -0.4 is 17.2 Å². The zero-order chi connectivity index (χ0) is 30.3. The summed E-state index contributed by atoms with van der Waals surface area (Å²) in [5.74, 6) is 3.94. The van der Waals surface area contributed by atoms with Gasteiger partial charge in [-0.05, 0) is 158 Å². The van der Waals surface area contributed by atoms with Gasteiger partial charge in [0.25, 0.3) is 0 Å². The Morgan fingerprint density at radius 3 is 2.12 bits per heavy atom. The van der Waals surface area contributed by atoms with E-state index in [0.717, 1.165) is 45.5 Å². The Kier molecular flexibility index (Phi) is 13.0. The highest BCUT2D eigenvalue weighted by Gasteiger charge is 2.66. The minimum atomic E-state index is 0.189. The predicted molar refractivity (Wildman–Crippen MR) is 173 cm³/mol. The third-order valence-electron chi connectivity index (χ3n) is 12.8. The molecule has 0 spiro atoms. The molecule has 2 unspecified atom stereocenters. The Labute approximate surface area is 258 Å². The summed E-state index contributed by atoms with van der Waals surface area (Å²) in [5.41, 5.74) is 18.2. The first kappa shape index (κ1) is 34.6. The molecule has 4 rings (SSSR count). The van der Waals surface area contributed by atoms with Crippen molar-refractivity contribution in [1.82, 2.24) is 4.90 Å². The quantitative estimate of drug-likeness (QED) is 0.203. The molecule has 42 heavy (non-hydrogen) atoms. The zero-order valence-corrected chi connectivity index (χ0v) is 28.0. The molecule has 0 aromatic heterocycles. The third kappa shape index (κ3) is 7.40. The summed E-state index contributed by atoms with van der Waals surface area (Å²) < 4.78 is 20.2. The maximum atomic E-state index is 6.98. The fourth-order valence-electron chi connectivity index (χ4n) is 10.5. The van der Waals surface area contributed by atoms with E-state index < -0.39 is 0 Å². The van der Waals surface area contributed by atoms with Gasteiger partial charge in [-0.15, -0.1) is 0 Å².